The van der Waals surface area contributed by atoms with Gasteiger partial charge in [0.05, 0.1) is 0 Å². The molecule has 0 aliphatic heterocycles. The number of anilines is 1. The van der Waals surface area contributed by atoms with E-state index in [9.17, 15) is 9.59 Å². The molecule has 1 aromatic rings. The topological polar surface area (TPSA) is 58.2 Å². The lowest BCUT2D eigenvalue weighted by Crippen LogP contribution is -2.27. The van der Waals surface area contributed by atoms with Crippen LogP contribution in [0.15, 0.2) is 24.3 Å². The molecule has 0 unspecified atom stereocenters. The molecular weight excluding hydrogens is 240 g/mol. The first-order valence-corrected chi connectivity index (χ1v) is 6.39. The Kier molecular flexibility index (Phi) is 5.10. The zero-order valence-corrected chi connectivity index (χ0v) is 12.0. The standard InChI is InChI=1S/C15H22N2O2/c1-11(18)17-13-7-5-12(6-8-13)10-16-14(19)9-15(2,3)4/h5-8H,9-10H2,1-4H3,(H,16,19)(H,17,18). The van der Waals surface area contributed by atoms with Crippen molar-refractivity contribution >= 4 is 17.5 Å². The van der Waals surface area contributed by atoms with Gasteiger partial charge in [-0.05, 0) is 23.1 Å². The van der Waals surface area contributed by atoms with Gasteiger partial charge in [-0.25, -0.2) is 0 Å². The summed E-state index contributed by atoms with van der Waals surface area (Å²) >= 11 is 0. The van der Waals surface area contributed by atoms with Crippen LogP contribution in [0.5, 0.6) is 0 Å². The van der Waals surface area contributed by atoms with Gasteiger partial charge in [-0.3, -0.25) is 9.59 Å². The molecule has 0 radical (unpaired) electrons. The molecule has 0 spiro atoms. The first kappa shape index (κ1) is 15.2. The molecule has 4 nitrogen and oxygen atoms in total. The molecule has 0 fully saturated rings. The van der Waals surface area contributed by atoms with Gasteiger partial charge in [0.25, 0.3) is 0 Å². The zero-order valence-electron chi connectivity index (χ0n) is 12.0. The van der Waals surface area contributed by atoms with Crippen LogP contribution in [0, 0.1) is 5.41 Å². The van der Waals surface area contributed by atoms with Crippen molar-refractivity contribution in [2.75, 3.05) is 5.32 Å². The van der Waals surface area contributed by atoms with E-state index in [2.05, 4.69) is 10.6 Å². The molecule has 0 heterocycles. The summed E-state index contributed by atoms with van der Waals surface area (Å²) in [5.74, 6) is -0.0373. The SMILES string of the molecule is CC(=O)Nc1ccc(CNC(=O)CC(C)(C)C)cc1. The summed E-state index contributed by atoms with van der Waals surface area (Å²) in [7, 11) is 0. The fourth-order valence-corrected chi connectivity index (χ4v) is 1.65. The molecule has 2 amide bonds. The van der Waals surface area contributed by atoms with Gasteiger partial charge < -0.3 is 10.6 Å². The highest BCUT2D eigenvalue weighted by Crippen LogP contribution is 2.18. The Hall–Kier alpha value is -1.84. The maximum absolute atomic E-state index is 11.7. The van der Waals surface area contributed by atoms with E-state index in [0.29, 0.717) is 13.0 Å². The van der Waals surface area contributed by atoms with Crippen molar-refractivity contribution in [3.05, 3.63) is 29.8 Å². The number of benzene rings is 1. The van der Waals surface area contributed by atoms with Gasteiger partial charge in [0.2, 0.25) is 11.8 Å². The molecule has 0 aliphatic carbocycles. The van der Waals surface area contributed by atoms with E-state index in [-0.39, 0.29) is 17.2 Å². The molecule has 4 heteroatoms. The summed E-state index contributed by atoms with van der Waals surface area (Å²) in [6.07, 6.45) is 0.511. The lowest BCUT2D eigenvalue weighted by molar-refractivity contribution is -0.123. The number of amides is 2. The molecule has 1 rings (SSSR count). The molecule has 1 aromatic carbocycles. The normalized spacial score (nSPS) is 10.9. The Morgan fingerprint density at radius 3 is 2.16 bits per heavy atom. The van der Waals surface area contributed by atoms with Crippen LogP contribution in [0.3, 0.4) is 0 Å². The van der Waals surface area contributed by atoms with Gasteiger partial charge in [-0.2, -0.15) is 0 Å². The molecular formula is C15H22N2O2. The van der Waals surface area contributed by atoms with Crippen LogP contribution in [-0.4, -0.2) is 11.8 Å². The lowest BCUT2D eigenvalue weighted by atomic mass is 9.92. The van der Waals surface area contributed by atoms with Crippen LogP contribution in [0.2, 0.25) is 0 Å². The quantitative estimate of drug-likeness (QED) is 0.876. The summed E-state index contributed by atoms with van der Waals surface area (Å²) in [6, 6.07) is 7.44. The number of carbonyl (C=O) groups is 2. The third-order valence-electron chi connectivity index (χ3n) is 2.45. The molecule has 2 N–H and O–H groups in total. The second kappa shape index (κ2) is 6.36. The maximum atomic E-state index is 11.7. The van der Waals surface area contributed by atoms with Crippen LogP contribution in [0.1, 0.15) is 39.7 Å². The highest BCUT2D eigenvalue weighted by molar-refractivity contribution is 5.88. The van der Waals surface area contributed by atoms with E-state index in [4.69, 9.17) is 0 Å². The smallest absolute Gasteiger partial charge is 0.221 e. The van der Waals surface area contributed by atoms with E-state index in [1.807, 2.05) is 45.0 Å². The average Bonchev–Trinajstić information content (AvgIpc) is 2.25. The Balaban J connectivity index is 2.46. The van der Waals surface area contributed by atoms with Gasteiger partial charge >= 0.3 is 0 Å². The summed E-state index contributed by atoms with van der Waals surface area (Å²) in [5, 5.41) is 5.59. The van der Waals surface area contributed by atoms with Crippen LogP contribution in [0.4, 0.5) is 5.69 Å². The molecule has 0 bridgehead atoms. The van der Waals surface area contributed by atoms with Crippen LogP contribution in [0.25, 0.3) is 0 Å². The third-order valence-corrected chi connectivity index (χ3v) is 2.45. The summed E-state index contributed by atoms with van der Waals surface area (Å²) in [4.78, 5) is 22.6. The number of hydrogen-bond donors (Lipinski definition) is 2. The van der Waals surface area contributed by atoms with Gasteiger partial charge in [0, 0.05) is 25.6 Å². The van der Waals surface area contributed by atoms with Gasteiger partial charge in [-0.15, -0.1) is 0 Å². The maximum Gasteiger partial charge on any atom is 0.221 e. The Labute approximate surface area is 114 Å². The van der Waals surface area contributed by atoms with Crippen molar-refractivity contribution in [1.82, 2.24) is 5.32 Å². The number of carbonyl (C=O) groups excluding carboxylic acids is 2. The molecule has 0 atom stereocenters. The first-order valence-electron chi connectivity index (χ1n) is 6.39. The predicted octanol–water partition coefficient (Wildman–Crippen LogP) is 2.70. The first-order chi connectivity index (χ1) is 8.76. The monoisotopic (exact) mass is 262 g/mol. The van der Waals surface area contributed by atoms with Gasteiger partial charge in [-0.1, -0.05) is 32.9 Å². The summed E-state index contributed by atoms with van der Waals surface area (Å²) in [5.41, 5.74) is 1.77. The minimum atomic E-state index is -0.0915. The van der Waals surface area contributed by atoms with Crippen molar-refractivity contribution in [3.8, 4) is 0 Å². The number of rotatable bonds is 4. The Bertz CT molecular complexity index is 444. The second-order valence-corrected chi connectivity index (χ2v) is 5.89. The van der Waals surface area contributed by atoms with Crippen LogP contribution >= 0.6 is 0 Å². The highest BCUT2D eigenvalue weighted by atomic mass is 16.2. The average molecular weight is 262 g/mol. The number of hydrogen-bond acceptors (Lipinski definition) is 2. The molecule has 0 aromatic heterocycles. The van der Waals surface area contributed by atoms with Crippen LogP contribution < -0.4 is 10.6 Å². The summed E-state index contributed by atoms with van der Waals surface area (Å²) in [6.45, 7) is 8.09. The summed E-state index contributed by atoms with van der Waals surface area (Å²) < 4.78 is 0. The van der Waals surface area contributed by atoms with Gasteiger partial charge in [0.15, 0.2) is 0 Å². The van der Waals surface area contributed by atoms with E-state index < -0.39 is 0 Å². The number of nitrogens with one attached hydrogen (secondary N) is 2. The van der Waals surface area contributed by atoms with Crippen molar-refractivity contribution in [3.63, 3.8) is 0 Å². The van der Waals surface area contributed by atoms with E-state index >= 15 is 0 Å². The second-order valence-electron chi connectivity index (χ2n) is 5.89. The fourth-order valence-electron chi connectivity index (χ4n) is 1.65. The van der Waals surface area contributed by atoms with Crippen molar-refractivity contribution < 1.29 is 9.59 Å². The molecule has 0 saturated carbocycles. The largest absolute Gasteiger partial charge is 0.352 e. The zero-order chi connectivity index (χ0) is 14.5. The molecule has 19 heavy (non-hydrogen) atoms. The van der Waals surface area contributed by atoms with Crippen molar-refractivity contribution in [2.45, 2.75) is 40.7 Å². The molecule has 0 saturated heterocycles. The van der Waals surface area contributed by atoms with Crippen LogP contribution in [-0.2, 0) is 16.1 Å². The molecule has 104 valence electrons. The Morgan fingerprint density at radius 2 is 1.68 bits per heavy atom. The van der Waals surface area contributed by atoms with Gasteiger partial charge in [0.1, 0.15) is 0 Å². The van der Waals surface area contributed by atoms with E-state index in [0.717, 1.165) is 11.3 Å². The minimum absolute atomic E-state index is 0.000647. The molecule has 0 aliphatic rings. The minimum Gasteiger partial charge on any atom is -0.352 e. The fraction of sp³-hybridized carbons (Fsp3) is 0.467. The van der Waals surface area contributed by atoms with E-state index in [1.54, 1.807) is 0 Å². The lowest BCUT2D eigenvalue weighted by Gasteiger charge is -2.17. The van der Waals surface area contributed by atoms with Crippen molar-refractivity contribution in [2.24, 2.45) is 5.41 Å². The van der Waals surface area contributed by atoms with E-state index in [1.165, 1.54) is 6.92 Å². The third kappa shape index (κ3) is 6.60. The Morgan fingerprint density at radius 1 is 1.11 bits per heavy atom. The van der Waals surface area contributed by atoms with Crippen molar-refractivity contribution in [1.29, 1.82) is 0 Å². The highest BCUT2D eigenvalue weighted by Gasteiger charge is 2.15. The predicted molar refractivity (Wildman–Crippen MR) is 76.7 cm³/mol.